The third-order valence-corrected chi connectivity index (χ3v) is 3.07. The Kier molecular flexibility index (Phi) is 4.39. The minimum atomic E-state index is -5.54. The minimum absolute atomic E-state index is 0.0219. The van der Waals surface area contributed by atoms with Crippen molar-refractivity contribution < 1.29 is 48.7 Å². The van der Waals surface area contributed by atoms with E-state index in [2.05, 4.69) is 4.42 Å². The van der Waals surface area contributed by atoms with Crippen LogP contribution >= 0.6 is 0 Å². The van der Waals surface area contributed by atoms with Crippen LogP contribution in [0.15, 0.2) is 28.7 Å². The van der Waals surface area contributed by atoms with Crippen LogP contribution in [0.4, 0.5) is 39.5 Å². The third kappa shape index (κ3) is 3.80. The van der Waals surface area contributed by atoms with Gasteiger partial charge in [0, 0.05) is 5.56 Å². The summed E-state index contributed by atoms with van der Waals surface area (Å²) in [5, 5.41) is 0. The summed E-state index contributed by atoms with van der Waals surface area (Å²) in [7, 11) is 0. The molecule has 0 atom stereocenters. The molecule has 1 aromatic heterocycles. The number of halogens is 9. The van der Waals surface area contributed by atoms with Crippen LogP contribution in [-0.4, -0.2) is 6.29 Å². The maximum atomic E-state index is 13.1. The highest BCUT2D eigenvalue weighted by Gasteiger charge is 2.45. The highest BCUT2D eigenvalue weighted by Crippen LogP contribution is 2.47. The SMILES string of the molecule is O=Cc1ccc(-c2c(C(F)(F)F)cc(C(F)(F)F)cc2C(F)(F)F)o1. The second-order valence-electron chi connectivity index (χ2n) is 4.76. The van der Waals surface area contributed by atoms with E-state index in [0.717, 1.165) is 6.07 Å². The normalized spacial score (nSPS) is 13.2. The summed E-state index contributed by atoms with van der Waals surface area (Å²) >= 11 is 0. The second kappa shape index (κ2) is 5.81. The first kappa shape index (κ1) is 18.9. The number of hydrogen-bond acceptors (Lipinski definition) is 2. The topological polar surface area (TPSA) is 30.2 Å². The van der Waals surface area contributed by atoms with Gasteiger partial charge in [0.25, 0.3) is 0 Å². The van der Waals surface area contributed by atoms with E-state index in [4.69, 9.17) is 0 Å². The highest BCUT2D eigenvalue weighted by molar-refractivity contribution is 5.75. The van der Waals surface area contributed by atoms with Crippen LogP contribution in [0.5, 0.6) is 0 Å². The number of carbonyl (C=O) groups is 1. The molecule has 1 aromatic carbocycles. The summed E-state index contributed by atoms with van der Waals surface area (Å²) in [5.41, 5.74) is -8.10. The summed E-state index contributed by atoms with van der Waals surface area (Å²) in [4.78, 5) is 10.5. The van der Waals surface area contributed by atoms with Crippen molar-refractivity contribution in [1.29, 1.82) is 0 Å². The van der Waals surface area contributed by atoms with E-state index in [1.807, 2.05) is 0 Å². The lowest BCUT2D eigenvalue weighted by Crippen LogP contribution is -2.18. The van der Waals surface area contributed by atoms with E-state index in [1.54, 1.807) is 0 Å². The van der Waals surface area contributed by atoms with Crippen molar-refractivity contribution in [3.63, 3.8) is 0 Å². The number of benzene rings is 1. The number of hydrogen-bond donors (Lipinski definition) is 0. The average Bonchev–Trinajstić information content (AvgIpc) is 2.91. The summed E-state index contributed by atoms with van der Waals surface area (Å²) in [6.07, 6.45) is -16.5. The fourth-order valence-corrected chi connectivity index (χ4v) is 2.07. The maximum absolute atomic E-state index is 13.1. The summed E-state index contributed by atoms with van der Waals surface area (Å²) in [6.45, 7) is 0. The van der Waals surface area contributed by atoms with Crippen molar-refractivity contribution in [2.45, 2.75) is 18.5 Å². The molecule has 11 heteroatoms. The van der Waals surface area contributed by atoms with E-state index in [-0.39, 0.29) is 6.29 Å². The molecule has 2 rings (SSSR count). The Labute approximate surface area is 132 Å². The summed E-state index contributed by atoms with van der Waals surface area (Å²) in [5.74, 6) is -1.62. The Hall–Kier alpha value is -2.46. The highest BCUT2D eigenvalue weighted by atomic mass is 19.4. The molecule has 0 amide bonds. The van der Waals surface area contributed by atoms with Gasteiger partial charge in [-0.2, -0.15) is 39.5 Å². The van der Waals surface area contributed by atoms with Crippen molar-refractivity contribution >= 4 is 6.29 Å². The molecular formula is C14H5F9O2. The zero-order chi connectivity index (χ0) is 19.2. The molecule has 0 saturated heterocycles. The average molecular weight is 376 g/mol. The van der Waals surface area contributed by atoms with E-state index in [0.29, 0.717) is 6.07 Å². The predicted octanol–water partition coefficient (Wildman–Crippen LogP) is 5.82. The van der Waals surface area contributed by atoms with Gasteiger partial charge in [-0.3, -0.25) is 4.79 Å². The van der Waals surface area contributed by atoms with Crippen molar-refractivity contribution in [2.24, 2.45) is 0 Å². The molecule has 0 aliphatic rings. The van der Waals surface area contributed by atoms with E-state index >= 15 is 0 Å². The molecule has 2 nitrogen and oxygen atoms in total. The quantitative estimate of drug-likeness (QED) is 0.489. The maximum Gasteiger partial charge on any atom is 0.417 e. The molecule has 0 bridgehead atoms. The Morgan fingerprint density at radius 3 is 1.56 bits per heavy atom. The minimum Gasteiger partial charge on any atom is -0.453 e. The van der Waals surface area contributed by atoms with Crippen molar-refractivity contribution in [2.75, 3.05) is 0 Å². The smallest absolute Gasteiger partial charge is 0.417 e. The number of aldehydes is 1. The first-order valence-electron chi connectivity index (χ1n) is 6.20. The Balaban J connectivity index is 2.93. The number of carbonyl (C=O) groups excluding carboxylic acids is 1. The molecule has 136 valence electrons. The molecule has 0 saturated carbocycles. The Morgan fingerprint density at radius 2 is 1.24 bits per heavy atom. The van der Waals surface area contributed by atoms with Gasteiger partial charge in [0.1, 0.15) is 5.76 Å². The number of alkyl halides is 9. The van der Waals surface area contributed by atoms with Crippen LogP contribution in [0.25, 0.3) is 11.3 Å². The third-order valence-electron chi connectivity index (χ3n) is 3.07. The molecular weight excluding hydrogens is 371 g/mol. The van der Waals surface area contributed by atoms with Crippen LogP contribution < -0.4 is 0 Å². The molecule has 0 spiro atoms. The molecule has 0 aliphatic carbocycles. The van der Waals surface area contributed by atoms with Gasteiger partial charge < -0.3 is 4.42 Å². The van der Waals surface area contributed by atoms with Gasteiger partial charge in [-0.1, -0.05) is 0 Å². The molecule has 0 N–H and O–H groups in total. The monoisotopic (exact) mass is 376 g/mol. The number of furan rings is 1. The van der Waals surface area contributed by atoms with Crippen LogP contribution in [0.3, 0.4) is 0 Å². The summed E-state index contributed by atoms with van der Waals surface area (Å²) < 4.78 is 121. The molecule has 0 fully saturated rings. The van der Waals surface area contributed by atoms with Gasteiger partial charge in [-0.05, 0) is 24.3 Å². The van der Waals surface area contributed by atoms with Gasteiger partial charge in [-0.25, -0.2) is 0 Å². The molecule has 0 unspecified atom stereocenters. The Morgan fingerprint density at radius 1 is 0.760 bits per heavy atom. The van der Waals surface area contributed by atoms with Gasteiger partial charge >= 0.3 is 18.5 Å². The molecule has 0 aliphatic heterocycles. The van der Waals surface area contributed by atoms with E-state index < -0.39 is 64.4 Å². The first-order chi connectivity index (χ1) is 11.2. The van der Waals surface area contributed by atoms with Crippen molar-refractivity contribution in [3.8, 4) is 11.3 Å². The van der Waals surface area contributed by atoms with Gasteiger partial charge in [-0.15, -0.1) is 0 Å². The molecule has 0 radical (unpaired) electrons. The van der Waals surface area contributed by atoms with Crippen LogP contribution in [-0.2, 0) is 18.5 Å². The van der Waals surface area contributed by atoms with Crippen LogP contribution in [0.1, 0.15) is 27.2 Å². The molecule has 25 heavy (non-hydrogen) atoms. The number of rotatable bonds is 2. The van der Waals surface area contributed by atoms with E-state index in [1.165, 1.54) is 0 Å². The lowest BCUT2D eigenvalue weighted by Gasteiger charge is -2.20. The fourth-order valence-electron chi connectivity index (χ4n) is 2.07. The van der Waals surface area contributed by atoms with E-state index in [9.17, 15) is 44.3 Å². The van der Waals surface area contributed by atoms with Gasteiger partial charge in [0.05, 0.1) is 16.7 Å². The zero-order valence-corrected chi connectivity index (χ0v) is 11.6. The predicted molar refractivity (Wildman–Crippen MR) is 64.5 cm³/mol. The lowest BCUT2D eigenvalue weighted by molar-refractivity contribution is -0.147. The second-order valence-corrected chi connectivity index (χ2v) is 4.76. The van der Waals surface area contributed by atoms with Gasteiger partial charge in [0.2, 0.25) is 0 Å². The van der Waals surface area contributed by atoms with Crippen molar-refractivity contribution in [3.05, 3.63) is 46.7 Å². The first-order valence-corrected chi connectivity index (χ1v) is 6.20. The zero-order valence-electron chi connectivity index (χ0n) is 11.6. The standard InChI is InChI=1S/C14H5F9O2/c15-12(16,17)6-3-8(13(18,19)20)11(9(4-6)14(21,22)23)10-2-1-7(5-24)25-10/h1-5H. The Bertz CT molecular complexity index is 759. The van der Waals surface area contributed by atoms with Crippen molar-refractivity contribution in [1.82, 2.24) is 0 Å². The lowest BCUT2D eigenvalue weighted by atomic mass is 9.94. The molecule has 2 aromatic rings. The molecule has 1 heterocycles. The fraction of sp³-hybridized carbons (Fsp3) is 0.214. The summed E-state index contributed by atoms with van der Waals surface area (Å²) in [6, 6.07) is 0.554. The van der Waals surface area contributed by atoms with Crippen LogP contribution in [0, 0.1) is 0 Å². The van der Waals surface area contributed by atoms with Gasteiger partial charge in [0.15, 0.2) is 12.0 Å². The largest absolute Gasteiger partial charge is 0.453 e. The van der Waals surface area contributed by atoms with Crippen LogP contribution in [0.2, 0.25) is 0 Å².